The molecule has 3 N–H and O–H groups in total. The van der Waals surface area contributed by atoms with Crippen molar-refractivity contribution in [2.75, 3.05) is 0 Å². The summed E-state index contributed by atoms with van der Waals surface area (Å²) in [5, 5.41) is 5.90. The summed E-state index contributed by atoms with van der Waals surface area (Å²) in [4.78, 5) is 40.6. The van der Waals surface area contributed by atoms with Gasteiger partial charge in [0, 0.05) is 41.4 Å². The highest BCUT2D eigenvalue weighted by molar-refractivity contribution is 9.10. The quantitative estimate of drug-likeness (QED) is 0.456. The molecular weight excluding hydrogens is 554 g/mol. The van der Waals surface area contributed by atoms with Gasteiger partial charge in [0.25, 0.3) is 17.3 Å². The van der Waals surface area contributed by atoms with Crippen LogP contribution in [0.4, 0.5) is 4.79 Å². The van der Waals surface area contributed by atoms with Crippen LogP contribution in [0.15, 0.2) is 21.4 Å². The number of alkyl carbamates (subject to hydrolysis) is 1. The minimum atomic E-state index is -0.929. The Kier molecular flexibility index (Phi) is 5.94. The summed E-state index contributed by atoms with van der Waals surface area (Å²) in [6, 6.07) is 3.60. The molecular formula is C28H34BrN3O6. The van der Waals surface area contributed by atoms with Crippen LogP contribution in [-0.4, -0.2) is 33.9 Å². The molecule has 6 rings (SSSR count). The fourth-order valence-electron chi connectivity index (χ4n) is 6.07. The molecule has 0 saturated heterocycles. The summed E-state index contributed by atoms with van der Waals surface area (Å²) in [6.45, 7) is 13.0. The molecule has 2 bridgehead atoms. The van der Waals surface area contributed by atoms with Crippen LogP contribution in [0.5, 0.6) is 11.5 Å². The standard InChI is InChI=1S/C28H34BrN3O6/c1-14-8-15(2)31-23(34)18(14)10-30-22(33)17-9-19(29)21-20(16(17)3)36-26(7,37-21)27-11-28(12-27,13-27)32-24(35)38-25(4,5)6/h8-9H,10-13H2,1-7H3,(H,30,33)(H,31,34)(H,32,35). The van der Waals surface area contributed by atoms with Crippen molar-refractivity contribution in [3.05, 3.63) is 54.9 Å². The highest BCUT2D eigenvalue weighted by Crippen LogP contribution is 2.74. The van der Waals surface area contributed by atoms with Gasteiger partial charge in [-0.3, -0.25) is 9.59 Å². The summed E-state index contributed by atoms with van der Waals surface area (Å²) in [5.74, 6) is -0.156. The maximum atomic E-state index is 13.2. The van der Waals surface area contributed by atoms with Crippen molar-refractivity contribution in [1.82, 2.24) is 15.6 Å². The summed E-state index contributed by atoms with van der Waals surface area (Å²) >= 11 is 3.56. The van der Waals surface area contributed by atoms with Gasteiger partial charge in [-0.25, -0.2) is 4.79 Å². The number of aromatic amines is 1. The summed E-state index contributed by atoms with van der Waals surface area (Å²) in [7, 11) is 0. The number of amides is 2. The number of hydrogen-bond acceptors (Lipinski definition) is 6. The maximum Gasteiger partial charge on any atom is 0.408 e. The molecule has 3 aliphatic carbocycles. The van der Waals surface area contributed by atoms with Crippen LogP contribution in [0.1, 0.15) is 79.7 Å². The van der Waals surface area contributed by atoms with E-state index in [-0.39, 0.29) is 29.0 Å². The third-order valence-corrected chi connectivity index (χ3v) is 8.55. The number of carbonyl (C=O) groups excluding carboxylic acids is 2. The van der Waals surface area contributed by atoms with Crippen LogP contribution in [0, 0.1) is 26.2 Å². The van der Waals surface area contributed by atoms with Crippen molar-refractivity contribution in [2.24, 2.45) is 5.41 Å². The van der Waals surface area contributed by atoms with E-state index in [9.17, 15) is 14.4 Å². The molecule has 9 nitrogen and oxygen atoms in total. The molecule has 1 aromatic heterocycles. The molecule has 0 radical (unpaired) electrons. The van der Waals surface area contributed by atoms with Gasteiger partial charge in [-0.15, -0.1) is 0 Å². The SMILES string of the molecule is Cc1cc(C)c(CNC(=O)c2cc(Br)c3c(c2C)OC(C)(C24CC(NC(=O)OC(C)(C)C)(C2)C4)O3)c(=O)[nH]1. The third-order valence-electron chi connectivity index (χ3n) is 7.96. The third kappa shape index (κ3) is 4.26. The van der Waals surface area contributed by atoms with E-state index in [2.05, 4.69) is 31.5 Å². The number of rotatable bonds is 5. The number of benzene rings is 1. The fourth-order valence-corrected chi connectivity index (χ4v) is 6.56. The number of nitrogens with one attached hydrogen (secondary N) is 3. The van der Waals surface area contributed by atoms with E-state index < -0.39 is 17.5 Å². The van der Waals surface area contributed by atoms with Crippen molar-refractivity contribution in [1.29, 1.82) is 0 Å². The molecule has 4 aliphatic rings. The van der Waals surface area contributed by atoms with Crippen molar-refractivity contribution in [3.63, 3.8) is 0 Å². The van der Waals surface area contributed by atoms with Crippen molar-refractivity contribution in [2.45, 2.75) is 91.2 Å². The second-order valence-electron chi connectivity index (χ2n) is 12.2. The maximum absolute atomic E-state index is 13.2. The molecule has 204 valence electrons. The van der Waals surface area contributed by atoms with E-state index in [1.165, 1.54) is 0 Å². The number of fused-ring (bicyclic) bond motifs is 1. The Morgan fingerprint density at radius 1 is 1.11 bits per heavy atom. The molecule has 10 heteroatoms. The van der Waals surface area contributed by atoms with E-state index in [4.69, 9.17) is 14.2 Å². The van der Waals surface area contributed by atoms with Crippen LogP contribution in [0.2, 0.25) is 0 Å². The van der Waals surface area contributed by atoms with E-state index >= 15 is 0 Å². The summed E-state index contributed by atoms with van der Waals surface area (Å²) < 4.78 is 18.9. The van der Waals surface area contributed by atoms with Crippen LogP contribution in [-0.2, 0) is 11.3 Å². The summed E-state index contributed by atoms with van der Waals surface area (Å²) in [6.07, 6.45) is 1.75. The average molecular weight is 588 g/mol. The van der Waals surface area contributed by atoms with Crippen molar-refractivity contribution in [3.8, 4) is 11.5 Å². The van der Waals surface area contributed by atoms with Gasteiger partial charge in [0.05, 0.1) is 9.89 Å². The minimum absolute atomic E-state index is 0.110. The van der Waals surface area contributed by atoms with Gasteiger partial charge in [-0.1, -0.05) is 0 Å². The van der Waals surface area contributed by atoms with Gasteiger partial charge in [-0.05, 0) is 94.4 Å². The van der Waals surface area contributed by atoms with Gasteiger partial charge >= 0.3 is 6.09 Å². The first-order chi connectivity index (χ1) is 17.6. The first-order valence-electron chi connectivity index (χ1n) is 12.8. The van der Waals surface area contributed by atoms with Gasteiger partial charge in [-0.2, -0.15) is 0 Å². The number of ether oxygens (including phenoxy) is 3. The minimum Gasteiger partial charge on any atom is -0.448 e. The Balaban J connectivity index is 1.29. The van der Waals surface area contributed by atoms with Gasteiger partial charge in [0.15, 0.2) is 11.5 Å². The molecule has 2 heterocycles. The lowest BCUT2D eigenvalue weighted by molar-refractivity contribution is -0.300. The van der Waals surface area contributed by atoms with Crippen molar-refractivity contribution >= 4 is 27.9 Å². The Bertz CT molecular complexity index is 1410. The summed E-state index contributed by atoms with van der Waals surface area (Å²) in [5.41, 5.74) is 1.90. The number of aromatic nitrogens is 1. The molecule has 0 spiro atoms. The number of carbonyl (C=O) groups is 2. The normalized spacial score (nSPS) is 26.7. The monoisotopic (exact) mass is 587 g/mol. The van der Waals surface area contributed by atoms with Gasteiger partial charge in [0.1, 0.15) is 5.60 Å². The van der Waals surface area contributed by atoms with Crippen LogP contribution >= 0.6 is 15.9 Å². The number of pyridine rings is 1. The number of aryl methyl sites for hydroxylation is 2. The number of H-pyrrole nitrogens is 1. The largest absolute Gasteiger partial charge is 0.448 e. The zero-order valence-corrected chi connectivity index (χ0v) is 24.4. The molecule has 1 unspecified atom stereocenters. The van der Waals surface area contributed by atoms with E-state index in [1.807, 2.05) is 54.5 Å². The molecule has 2 amide bonds. The highest BCUT2D eigenvalue weighted by atomic mass is 79.9. The second-order valence-corrected chi connectivity index (χ2v) is 13.0. The Morgan fingerprint density at radius 3 is 2.34 bits per heavy atom. The molecule has 3 saturated carbocycles. The molecule has 38 heavy (non-hydrogen) atoms. The van der Waals surface area contributed by atoms with Gasteiger partial charge in [0.2, 0.25) is 0 Å². The lowest BCUT2D eigenvalue weighted by Gasteiger charge is -2.73. The smallest absolute Gasteiger partial charge is 0.408 e. The molecule has 3 fully saturated rings. The predicted molar refractivity (Wildman–Crippen MR) is 145 cm³/mol. The van der Waals surface area contributed by atoms with Crippen LogP contribution in [0.3, 0.4) is 0 Å². The Labute approximate surface area is 230 Å². The Hall–Kier alpha value is -3.01. The molecule has 1 aromatic carbocycles. The van der Waals surface area contributed by atoms with Crippen molar-refractivity contribution < 1.29 is 23.8 Å². The van der Waals surface area contributed by atoms with E-state index in [0.717, 1.165) is 30.5 Å². The fraction of sp³-hybridized carbons (Fsp3) is 0.536. The number of halogens is 1. The number of hydrogen-bond donors (Lipinski definition) is 3. The first kappa shape index (κ1) is 26.6. The zero-order valence-electron chi connectivity index (χ0n) is 22.8. The lowest BCUT2D eigenvalue weighted by Crippen LogP contribution is -2.82. The highest BCUT2D eigenvalue weighted by Gasteiger charge is 2.78. The Morgan fingerprint density at radius 2 is 1.74 bits per heavy atom. The second kappa shape index (κ2) is 8.49. The van der Waals surface area contributed by atoms with E-state index in [0.29, 0.717) is 32.7 Å². The lowest BCUT2D eigenvalue weighted by atomic mass is 9.36. The van der Waals surface area contributed by atoms with Crippen LogP contribution in [0.25, 0.3) is 0 Å². The molecule has 1 aliphatic heterocycles. The van der Waals surface area contributed by atoms with Gasteiger partial charge < -0.3 is 29.8 Å². The first-order valence-corrected chi connectivity index (χ1v) is 13.6. The molecule has 1 atom stereocenters. The average Bonchev–Trinajstić information content (AvgIpc) is 3.09. The topological polar surface area (TPSA) is 119 Å². The molecule has 2 aromatic rings. The zero-order chi connectivity index (χ0) is 27.8. The van der Waals surface area contributed by atoms with Crippen LogP contribution < -0.4 is 25.7 Å². The predicted octanol–water partition coefficient (Wildman–Crippen LogP) is 4.93. The van der Waals surface area contributed by atoms with E-state index in [1.54, 1.807) is 6.07 Å².